The predicted molar refractivity (Wildman–Crippen MR) is 91.3 cm³/mol. The highest BCUT2D eigenvalue weighted by Crippen LogP contribution is 2.41. The summed E-state index contributed by atoms with van der Waals surface area (Å²) in [5, 5.41) is 0. The van der Waals surface area contributed by atoms with E-state index in [0.717, 1.165) is 12.3 Å². The molecule has 2 aliphatic carbocycles. The van der Waals surface area contributed by atoms with Crippen LogP contribution in [0.5, 0.6) is 0 Å². The average molecular weight is 336 g/mol. The lowest BCUT2D eigenvalue weighted by atomic mass is 9.69. The van der Waals surface area contributed by atoms with E-state index in [1.54, 1.807) is 0 Å². The maximum Gasteiger partial charge on any atom is 0.194 e. The van der Waals surface area contributed by atoms with Gasteiger partial charge < -0.3 is 0 Å². The van der Waals surface area contributed by atoms with Gasteiger partial charge in [0.05, 0.1) is 0 Å². The van der Waals surface area contributed by atoms with Gasteiger partial charge in [-0.05, 0) is 86.8 Å². The summed E-state index contributed by atoms with van der Waals surface area (Å²) in [5.74, 6) is -1.33. The molecular weight excluding hydrogens is 309 g/mol. The van der Waals surface area contributed by atoms with Crippen LogP contribution < -0.4 is 0 Å². The van der Waals surface area contributed by atoms with E-state index in [1.165, 1.54) is 44.6 Å². The maximum atomic E-state index is 13.9. The maximum absolute atomic E-state index is 13.9. The molecule has 0 radical (unpaired) electrons. The van der Waals surface area contributed by atoms with Crippen LogP contribution in [0.2, 0.25) is 0 Å². The molecule has 3 rings (SSSR count). The summed E-state index contributed by atoms with van der Waals surface area (Å²) in [6.07, 6.45) is 14.0. The molecule has 0 aromatic heterocycles. The van der Waals surface area contributed by atoms with Crippen LogP contribution in [0.25, 0.3) is 0 Å². The van der Waals surface area contributed by atoms with Gasteiger partial charge in [-0.15, -0.1) is 0 Å². The van der Waals surface area contributed by atoms with Gasteiger partial charge in [-0.3, -0.25) is 0 Å². The number of fused-ring (bicyclic) bond motifs is 1. The summed E-state index contributed by atoms with van der Waals surface area (Å²) in [5.41, 5.74) is 1.10. The molecule has 0 bridgehead atoms. The standard InChI is InChI=1S/C21H27F3/c1-2-3-4-5-14-6-8-15(9-7-14)16-10-11-18-17(12-16)13-19(22)21(24)20(18)23/h2-3,13-16H,4-12H2,1H3/b3-2+. The van der Waals surface area contributed by atoms with Crippen molar-refractivity contribution in [2.45, 2.75) is 64.7 Å². The first-order chi connectivity index (χ1) is 11.6. The van der Waals surface area contributed by atoms with Crippen LogP contribution in [-0.2, 0) is 12.8 Å². The Morgan fingerprint density at radius 2 is 1.75 bits per heavy atom. The molecule has 0 aliphatic heterocycles. The summed E-state index contributed by atoms with van der Waals surface area (Å²) in [7, 11) is 0. The zero-order chi connectivity index (χ0) is 17.1. The van der Waals surface area contributed by atoms with Crippen molar-refractivity contribution in [3.8, 4) is 0 Å². The number of hydrogen-bond acceptors (Lipinski definition) is 0. The van der Waals surface area contributed by atoms with Gasteiger partial charge in [0.2, 0.25) is 0 Å². The summed E-state index contributed by atoms with van der Waals surface area (Å²) in [6, 6.07) is 1.22. The van der Waals surface area contributed by atoms with Gasteiger partial charge in [-0.25, -0.2) is 13.2 Å². The second kappa shape index (κ2) is 7.76. The van der Waals surface area contributed by atoms with Crippen LogP contribution in [0.15, 0.2) is 18.2 Å². The minimum Gasteiger partial charge on any atom is -0.204 e. The van der Waals surface area contributed by atoms with Crippen LogP contribution in [-0.4, -0.2) is 0 Å². The molecule has 0 spiro atoms. The zero-order valence-electron chi connectivity index (χ0n) is 14.5. The fourth-order valence-corrected chi connectivity index (χ4v) is 4.70. The molecule has 1 aromatic rings. The van der Waals surface area contributed by atoms with Crippen molar-refractivity contribution >= 4 is 0 Å². The highest BCUT2D eigenvalue weighted by Gasteiger charge is 2.32. The Bertz CT molecular complexity index is 598. The third-order valence-corrected chi connectivity index (χ3v) is 6.14. The molecule has 0 amide bonds. The lowest BCUT2D eigenvalue weighted by Crippen LogP contribution is -2.27. The van der Waals surface area contributed by atoms with E-state index in [1.807, 2.05) is 0 Å². The Kier molecular flexibility index (Phi) is 5.68. The first-order valence-corrected chi connectivity index (χ1v) is 9.36. The van der Waals surface area contributed by atoms with E-state index in [4.69, 9.17) is 0 Å². The molecule has 0 N–H and O–H groups in total. The molecule has 1 aromatic carbocycles. The average Bonchev–Trinajstić information content (AvgIpc) is 2.60. The molecule has 0 heterocycles. The first-order valence-electron chi connectivity index (χ1n) is 9.36. The van der Waals surface area contributed by atoms with Crippen molar-refractivity contribution < 1.29 is 13.2 Å². The van der Waals surface area contributed by atoms with Crippen molar-refractivity contribution in [2.75, 3.05) is 0 Å². The number of rotatable bonds is 4. The minimum absolute atomic E-state index is 0.408. The lowest BCUT2D eigenvalue weighted by Gasteiger charge is -2.36. The highest BCUT2D eigenvalue weighted by atomic mass is 19.2. The van der Waals surface area contributed by atoms with Crippen LogP contribution in [0.3, 0.4) is 0 Å². The lowest BCUT2D eigenvalue weighted by molar-refractivity contribution is 0.184. The molecule has 1 fully saturated rings. The number of halogens is 3. The Morgan fingerprint density at radius 1 is 1.00 bits per heavy atom. The van der Waals surface area contributed by atoms with Gasteiger partial charge in [0.15, 0.2) is 17.5 Å². The minimum atomic E-state index is -1.31. The SMILES string of the molecule is C/C=C/CCC1CCC(C2CCc3c(cc(F)c(F)c3F)C2)CC1. The van der Waals surface area contributed by atoms with Gasteiger partial charge in [0.1, 0.15) is 0 Å². The van der Waals surface area contributed by atoms with Crippen LogP contribution >= 0.6 is 0 Å². The molecule has 132 valence electrons. The van der Waals surface area contributed by atoms with Gasteiger partial charge >= 0.3 is 0 Å². The molecule has 3 heteroatoms. The Labute approximate surface area is 143 Å². The fraction of sp³-hybridized carbons (Fsp3) is 0.619. The molecular formula is C21H27F3. The molecule has 24 heavy (non-hydrogen) atoms. The Balaban J connectivity index is 1.59. The topological polar surface area (TPSA) is 0 Å². The van der Waals surface area contributed by atoms with E-state index in [0.29, 0.717) is 35.8 Å². The van der Waals surface area contributed by atoms with Gasteiger partial charge in [-0.2, -0.15) is 0 Å². The summed E-state index contributed by atoms with van der Waals surface area (Å²) >= 11 is 0. The van der Waals surface area contributed by atoms with Crippen molar-refractivity contribution in [1.29, 1.82) is 0 Å². The van der Waals surface area contributed by atoms with Crippen LogP contribution in [0.4, 0.5) is 13.2 Å². The molecule has 0 saturated heterocycles. The first kappa shape index (κ1) is 17.6. The van der Waals surface area contributed by atoms with Crippen LogP contribution in [0, 0.1) is 35.2 Å². The number of allylic oxidation sites excluding steroid dienone is 2. The fourth-order valence-electron chi connectivity index (χ4n) is 4.70. The molecule has 2 aliphatic rings. The molecule has 0 nitrogen and oxygen atoms in total. The normalized spacial score (nSPS) is 27.4. The molecule has 1 saturated carbocycles. The third-order valence-electron chi connectivity index (χ3n) is 6.14. The summed E-state index contributed by atoms with van der Waals surface area (Å²) in [4.78, 5) is 0. The van der Waals surface area contributed by atoms with E-state index in [9.17, 15) is 13.2 Å². The Morgan fingerprint density at radius 3 is 2.46 bits per heavy atom. The van der Waals surface area contributed by atoms with Crippen molar-refractivity contribution in [3.63, 3.8) is 0 Å². The second-order valence-electron chi connectivity index (χ2n) is 7.55. The van der Waals surface area contributed by atoms with E-state index in [-0.39, 0.29) is 0 Å². The monoisotopic (exact) mass is 336 g/mol. The van der Waals surface area contributed by atoms with Crippen molar-refractivity contribution in [3.05, 3.63) is 46.8 Å². The van der Waals surface area contributed by atoms with Gasteiger partial charge in [0.25, 0.3) is 0 Å². The predicted octanol–water partition coefficient (Wildman–Crippen LogP) is 6.37. The van der Waals surface area contributed by atoms with Gasteiger partial charge in [-0.1, -0.05) is 25.0 Å². The highest BCUT2D eigenvalue weighted by molar-refractivity contribution is 5.33. The second-order valence-corrected chi connectivity index (χ2v) is 7.55. The van der Waals surface area contributed by atoms with E-state index >= 15 is 0 Å². The Hall–Kier alpha value is -1.25. The zero-order valence-corrected chi connectivity index (χ0v) is 14.5. The van der Waals surface area contributed by atoms with E-state index < -0.39 is 17.5 Å². The van der Waals surface area contributed by atoms with Crippen LogP contribution in [0.1, 0.15) is 63.0 Å². The molecule has 1 atom stereocenters. The van der Waals surface area contributed by atoms with Gasteiger partial charge in [0, 0.05) is 0 Å². The molecule has 1 unspecified atom stereocenters. The van der Waals surface area contributed by atoms with E-state index in [2.05, 4.69) is 19.1 Å². The third kappa shape index (κ3) is 3.70. The van der Waals surface area contributed by atoms with Crippen molar-refractivity contribution in [2.24, 2.45) is 17.8 Å². The largest absolute Gasteiger partial charge is 0.204 e. The number of hydrogen-bond donors (Lipinski definition) is 0. The quantitative estimate of drug-likeness (QED) is 0.442. The smallest absolute Gasteiger partial charge is 0.194 e. The number of benzene rings is 1. The summed E-state index contributed by atoms with van der Waals surface area (Å²) in [6.45, 7) is 2.06. The summed E-state index contributed by atoms with van der Waals surface area (Å²) < 4.78 is 40.8. The van der Waals surface area contributed by atoms with Crippen molar-refractivity contribution in [1.82, 2.24) is 0 Å².